The van der Waals surface area contributed by atoms with E-state index < -0.39 is 9.84 Å². The number of carbonyl (C=O) groups is 1. The molecule has 0 unspecified atom stereocenters. The molecule has 3 rings (SSSR count). The zero-order valence-electron chi connectivity index (χ0n) is 14.4. The van der Waals surface area contributed by atoms with Crippen LogP contribution in [-0.4, -0.2) is 49.6 Å². The van der Waals surface area contributed by atoms with E-state index in [1.807, 2.05) is 4.90 Å². The molecule has 0 spiro atoms. The lowest BCUT2D eigenvalue weighted by Gasteiger charge is -2.36. The average molecular weight is 350 g/mol. The molecule has 1 heterocycles. The number of nitrogens with zero attached hydrogens (tertiary/aromatic N) is 1. The first kappa shape index (κ1) is 17.4. The van der Waals surface area contributed by atoms with E-state index >= 15 is 0 Å². The summed E-state index contributed by atoms with van der Waals surface area (Å²) in [6.07, 6.45) is 3.47. The molecule has 132 valence electrons. The Bertz CT molecular complexity index is 683. The van der Waals surface area contributed by atoms with Crippen LogP contribution in [-0.2, 0) is 9.84 Å². The Morgan fingerprint density at radius 3 is 2.12 bits per heavy atom. The number of rotatable bonds is 3. The molecule has 1 amide bonds. The summed E-state index contributed by atoms with van der Waals surface area (Å²) in [6, 6.07) is 7.02. The first-order chi connectivity index (χ1) is 11.4. The van der Waals surface area contributed by atoms with Gasteiger partial charge in [0.25, 0.3) is 5.91 Å². The summed E-state index contributed by atoms with van der Waals surface area (Å²) in [5.41, 5.74) is 0.557. The standard InChI is InChI=1S/C18H26N2O3S/c1-13-11-20(12-14(2)19-13)18(21)15-7-9-17(10-8-15)24(22,23)16-5-3-4-6-16/h7-10,13-14,16,19H,3-6,11-12H2,1-2H3/t13-,14+. The number of hydrogen-bond donors (Lipinski definition) is 1. The van der Waals surface area contributed by atoms with Crippen LogP contribution in [0.25, 0.3) is 0 Å². The molecular weight excluding hydrogens is 324 g/mol. The van der Waals surface area contributed by atoms with E-state index in [0.29, 0.717) is 23.5 Å². The van der Waals surface area contributed by atoms with Gasteiger partial charge < -0.3 is 10.2 Å². The maximum atomic E-state index is 12.7. The van der Waals surface area contributed by atoms with E-state index in [1.54, 1.807) is 24.3 Å². The van der Waals surface area contributed by atoms with Crippen LogP contribution in [0.3, 0.4) is 0 Å². The van der Waals surface area contributed by atoms with Crippen molar-refractivity contribution in [2.24, 2.45) is 0 Å². The second-order valence-corrected chi connectivity index (χ2v) is 9.38. The highest BCUT2D eigenvalue weighted by Crippen LogP contribution is 2.29. The van der Waals surface area contributed by atoms with Crippen LogP contribution in [0.4, 0.5) is 0 Å². The third kappa shape index (κ3) is 3.49. The highest BCUT2D eigenvalue weighted by Gasteiger charge is 2.31. The molecule has 1 aliphatic carbocycles. The van der Waals surface area contributed by atoms with Gasteiger partial charge in [-0.15, -0.1) is 0 Å². The SMILES string of the molecule is C[C@@H]1CN(C(=O)c2ccc(S(=O)(=O)C3CCCC3)cc2)C[C@H](C)N1. The minimum Gasteiger partial charge on any atom is -0.336 e. The zero-order chi connectivity index (χ0) is 17.3. The molecule has 0 bridgehead atoms. The van der Waals surface area contributed by atoms with Gasteiger partial charge in [-0.1, -0.05) is 12.8 Å². The fourth-order valence-corrected chi connectivity index (χ4v) is 5.71. The molecule has 5 nitrogen and oxygen atoms in total. The number of benzene rings is 1. The maximum absolute atomic E-state index is 12.7. The largest absolute Gasteiger partial charge is 0.336 e. The molecule has 2 fully saturated rings. The molecule has 1 saturated heterocycles. The highest BCUT2D eigenvalue weighted by molar-refractivity contribution is 7.92. The van der Waals surface area contributed by atoms with Crippen molar-refractivity contribution >= 4 is 15.7 Å². The van der Waals surface area contributed by atoms with Crippen molar-refractivity contribution in [3.63, 3.8) is 0 Å². The molecular formula is C18H26N2O3S. The van der Waals surface area contributed by atoms with Crippen molar-refractivity contribution in [3.8, 4) is 0 Å². The van der Waals surface area contributed by atoms with E-state index in [2.05, 4.69) is 19.2 Å². The van der Waals surface area contributed by atoms with Crippen LogP contribution >= 0.6 is 0 Å². The van der Waals surface area contributed by atoms with Gasteiger partial charge in [-0.25, -0.2) is 8.42 Å². The monoisotopic (exact) mass is 350 g/mol. The fourth-order valence-electron chi connectivity index (χ4n) is 3.85. The first-order valence-corrected chi connectivity index (χ1v) is 10.3. The lowest BCUT2D eigenvalue weighted by Crippen LogP contribution is -2.55. The normalized spacial score (nSPS) is 25.8. The zero-order valence-corrected chi connectivity index (χ0v) is 15.2. The molecule has 2 aliphatic rings. The summed E-state index contributed by atoms with van der Waals surface area (Å²) in [5, 5.41) is 3.15. The van der Waals surface area contributed by atoms with Crippen molar-refractivity contribution in [1.29, 1.82) is 0 Å². The van der Waals surface area contributed by atoms with E-state index in [4.69, 9.17) is 0 Å². The summed E-state index contributed by atoms with van der Waals surface area (Å²) in [5.74, 6) is -0.0278. The van der Waals surface area contributed by atoms with E-state index in [-0.39, 0.29) is 23.2 Å². The fraction of sp³-hybridized carbons (Fsp3) is 0.611. The Hall–Kier alpha value is -1.40. The number of piperazine rings is 1. The minimum absolute atomic E-state index is 0.0278. The summed E-state index contributed by atoms with van der Waals surface area (Å²) in [6.45, 7) is 5.47. The van der Waals surface area contributed by atoms with Gasteiger partial charge in [0, 0.05) is 30.7 Å². The van der Waals surface area contributed by atoms with E-state index in [1.165, 1.54) is 0 Å². The molecule has 0 aromatic heterocycles. The van der Waals surface area contributed by atoms with Crippen molar-refractivity contribution in [2.75, 3.05) is 13.1 Å². The Morgan fingerprint density at radius 1 is 1.04 bits per heavy atom. The van der Waals surface area contributed by atoms with Crippen molar-refractivity contribution in [2.45, 2.75) is 61.8 Å². The van der Waals surface area contributed by atoms with Gasteiger partial charge in [0.05, 0.1) is 10.1 Å². The quantitative estimate of drug-likeness (QED) is 0.908. The van der Waals surface area contributed by atoms with Gasteiger partial charge in [0.1, 0.15) is 0 Å². The van der Waals surface area contributed by atoms with Gasteiger partial charge in [-0.2, -0.15) is 0 Å². The molecule has 24 heavy (non-hydrogen) atoms. The number of carbonyl (C=O) groups excluding carboxylic acids is 1. The lowest BCUT2D eigenvalue weighted by atomic mass is 10.1. The molecule has 1 saturated carbocycles. The summed E-state index contributed by atoms with van der Waals surface area (Å²) in [4.78, 5) is 14.8. The third-order valence-electron chi connectivity index (χ3n) is 5.02. The van der Waals surface area contributed by atoms with Gasteiger partial charge in [-0.05, 0) is 51.0 Å². The number of nitrogens with one attached hydrogen (secondary N) is 1. The van der Waals surface area contributed by atoms with Gasteiger partial charge in [0.2, 0.25) is 0 Å². The molecule has 1 aliphatic heterocycles. The van der Waals surface area contributed by atoms with Crippen LogP contribution in [0.15, 0.2) is 29.2 Å². The van der Waals surface area contributed by atoms with Crippen LogP contribution < -0.4 is 5.32 Å². The Labute approximate surface area is 144 Å². The van der Waals surface area contributed by atoms with Crippen LogP contribution in [0.5, 0.6) is 0 Å². The number of sulfone groups is 1. The van der Waals surface area contributed by atoms with Crippen LogP contribution in [0, 0.1) is 0 Å². The Kier molecular flexibility index (Phi) is 4.97. The summed E-state index contributed by atoms with van der Waals surface area (Å²) >= 11 is 0. The Balaban J connectivity index is 1.75. The van der Waals surface area contributed by atoms with Crippen molar-refractivity contribution in [3.05, 3.63) is 29.8 Å². The van der Waals surface area contributed by atoms with Crippen molar-refractivity contribution < 1.29 is 13.2 Å². The molecule has 2 atom stereocenters. The summed E-state index contributed by atoms with van der Waals surface area (Å²) < 4.78 is 25.2. The number of amides is 1. The van der Waals surface area contributed by atoms with Crippen molar-refractivity contribution in [1.82, 2.24) is 10.2 Å². The molecule has 1 aromatic carbocycles. The predicted octanol–water partition coefficient (Wildman–Crippen LogP) is 2.23. The second-order valence-electron chi connectivity index (χ2n) is 7.15. The smallest absolute Gasteiger partial charge is 0.253 e. The maximum Gasteiger partial charge on any atom is 0.253 e. The Morgan fingerprint density at radius 2 is 1.58 bits per heavy atom. The first-order valence-electron chi connectivity index (χ1n) is 8.77. The third-order valence-corrected chi connectivity index (χ3v) is 7.29. The lowest BCUT2D eigenvalue weighted by molar-refractivity contribution is 0.0673. The highest BCUT2D eigenvalue weighted by atomic mass is 32.2. The molecule has 1 aromatic rings. The van der Waals surface area contributed by atoms with Crippen LogP contribution in [0.2, 0.25) is 0 Å². The van der Waals surface area contributed by atoms with Crippen LogP contribution in [0.1, 0.15) is 49.9 Å². The molecule has 6 heteroatoms. The van der Waals surface area contributed by atoms with Gasteiger partial charge >= 0.3 is 0 Å². The predicted molar refractivity (Wildman–Crippen MR) is 93.8 cm³/mol. The molecule has 0 radical (unpaired) electrons. The minimum atomic E-state index is -3.26. The van der Waals surface area contributed by atoms with E-state index in [0.717, 1.165) is 25.7 Å². The number of hydrogen-bond acceptors (Lipinski definition) is 4. The molecule has 1 N–H and O–H groups in total. The summed E-state index contributed by atoms with van der Waals surface area (Å²) in [7, 11) is -3.26. The van der Waals surface area contributed by atoms with Gasteiger partial charge in [-0.3, -0.25) is 4.79 Å². The second kappa shape index (κ2) is 6.84. The van der Waals surface area contributed by atoms with E-state index in [9.17, 15) is 13.2 Å². The average Bonchev–Trinajstić information content (AvgIpc) is 3.08. The van der Waals surface area contributed by atoms with Gasteiger partial charge in [0.15, 0.2) is 9.84 Å². The topological polar surface area (TPSA) is 66.5 Å².